The maximum Gasteiger partial charge on any atom is 0.338 e. The molecule has 0 aliphatic carbocycles. The molecule has 0 spiro atoms. The van der Waals surface area contributed by atoms with Crippen LogP contribution in [0.3, 0.4) is 0 Å². The van der Waals surface area contributed by atoms with E-state index in [2.05, 4.69) is 10.4 Å². The average molecular weight is 311 g/mol. The van der Waals surface area contributed by atoms with E-state index in [0.717, 1.165) is 35.5 Å². The second-order valence-corrected chi connectivity index (χ2v) is 5.71. The van der Waals surface area contributed by atoms with E-state index in [9.17, 15) is 4.79 Å². The Morgan fingerprint density at radius 1 is 1.30 bits per heavy atom. The van der Waals surface area contributed by atoms with Gasteiger partial charge >= 0.3 is 5.63 Å². The molecule has 0 bridgehead atoms. The summed E-state index contributed by atoms with van der Waals surface area (Å²) < 4.78 is 12.6. The van der Waals surface area contributed by atoms with Crippen LogP contribution >= 0.6 is 0 Å². The predicted octanol–water partition coefficient (Wildman–Crippen LogP) is 3.00. The first kappa shape index (κ1) is 14.0. The molecule has 1 aromatic carbocycles. The van der Waals surface area contributed by atoms with Gasteiger partial charge in [-0.25, -0.2) is 4.79 Å². The van der Waals surface area contributed by atoms with Crippen molar-refractivity contribution in [1.82, 2.24) is 9.78 Å². The van der Waals surface area contributed by atoms with Crippen LogP contribution < -0.4 is 10.9 Å². The summed E-state index contributed by atoms with van der Waals surface area (Å²) in [5, 5.41) is 8.65. The largest absolute Gasteiger partial charge is 0.423 e. The number of hydrogen-bond donors (Lipinski definition) is 1. The van der Waals surface area contributed by atoms with E-state index in [0.29, 0.717) is 12.2 Å². The van der Waals surface area contributed by atoms with Gasteiger partial charge in [-0.05, 0) is 25.5 Å². The topological polar surface area (TPSA) is 69.3 Å². The molecule has 2 aromatic heterocycles. The zero-order valence-corrected chi connectivity index (χ0v) is 12.8. The normalized spacial score (nSPS) is 17.7. The molecular weight excluding hydrogens is 294 g/mol. The van der Waals surface area contributed by atoms with Crippen molar-refractivity contribution >= 4 is 22.3 Å². The third kappa shape index (κ3) is 2.51. The second kappa shape index (κ2) is 5.55. The second-order valence-electron chi connectivity index (χ2n) is 5.71. The quantitative estimate of drug-likeness (QED) is 0.753. The highest BCUT2D eigenvalue weighted by Gasteiger charge is 2.21. The van der Waals surface area contributed by atoms with E-state index in [-0.39, 0.29) is 11.7 Å². The van der Waals surface area contributed by atoms with Crippen LogP contribution in [0.15, 0.2) is 45.7 Å². The molecule has 1 aliphatic rings. The average Bonchev–Trinajstić information content (AvgIpc) is 3.18. The molecule has 3 aromatic rings. The monoisotopic (exact) mass is 311 g/mol. The maximum atomic E-state index is 11.7. The van der Waals surface area contributed by atoms with Crippen LogP contribution in [0.2, 0.25) is 0 Å². The summed E-state index contributed by atoms with van der Waals surface area (Å²) in [4.78, 5) is 11.7. The molecule has 0 saturated carbocycles. The van der Waals surface area contributed by atoms with Gasteiger partial charge in [-0.3, -0.25) is 4.68 Å². The van der Waals surface area contributed by atoms with E-state index in [1.54, 1.807) is 12.3 Å². The lowest BCUT2D eigenvalue weighted by Gasteiger charge is -2.12. The Morgan fingerprint density at radius 2 is 2.17 bits per heavy atom. The summed E-state index contributed by atoms with van der Waals surface area (Å²) >= 11 is 0. The molecule has 6 nitrogen and oxygen atoms in total. The van der Waals surface area contributed by atoms with Gasteiger partial charge in [-0.2, -0.15) is 5.10 Å². The van der Waals surface area contributed by atoms with E-state index >= 15 is 0 Å². The van der Waals surface area contributed by atoms with Crippen molar-refractivity contribution in [3.05, 3.63) is 52.6 Å². The lowest BCUT2D eigenvalue weighted by atomic mass is 10.2. The molecule has 118 valence electrons. The number of benzene rings is 1. The summed E-state index contributed by atoms with van der Waals surface area (Å²) in [6, 6.07) is 9.22. The van der Waals surface area contributed by atoms with Crippen LogP contribution in [-0.4, -0.2) is 23.0 Å². The van der Waals surface area contributed by atoms with Crippen LogP contribution in [0.5, 0.6) is 0 Å². The highest BCUT2D eigenvalue weighted by Crippen LogP contribution is 2.28. The molecule has 6 heteroatoms. The van der Waals surface area contributed by atoms with Gasteiger partial charge in [-0.15, -0.1) is 0 Å². The fourth-order valence-electron chi connectivity index (χ4n) is 2.99. The van der Waals surface area contributed by atoms with Crippen molar-refractivity contribution in [2.45, 2.75) is 19.4 Å². The van der Waals surface area contributed by atoms with Gasteiger partial charge in [0.1, 0.15) is 5.58 Å². The Kier molecular flexibility index (Phi) is 3.38. The molecule has 4 rings (SSSR count). The minimum Gasteiger partial charge on any atom is -0.423 e. The molecule has 0 amide bonds. The molecule has 0 radical (unpaired) electrons. The molecule has 3 heterocycles. The zero-order valence-electron chi connectivity index (χ0n) is 12.8. The SMILES string of the molecule is Cc1c(Nc2cc(=O)oc3ccccc23)cnn1C1CCOC1. The van der Waals surface area contributed by atoms with Crippen molar-refractivity contribution in [2.24, 2.45) is 0 Å². The lowest BCUT2D eigenvalue weighted by molar-refractivity contribution is 0.184. The third-order valence-corrected chi connectivity index (χ3v) is 4.22. The van der Waals surface area contributed by atoms with E-state index in [4.69, 9.17) is 9.15 Å². The fourth-order valence-corrected chi connectivity index (χ4v) is 2.99. The van der Waals surface area contributed by atoms with Crippen molar-refractivity contribution in [3.63, 3.8) is 0 Å². The first-order valence-electron chi connectivity index (χ1n) is 7.64. The number of rotatable bonds is 3. The Morgan fingerprint density at radius 3 is 3.00 bits per heavy atom. The zero-order chi connectivity index (χ0) is 15.8. The summed E-state index contributed by atoms with van der Waals surface area (Å²) in [6.07, 6.45) is 2.76. The number of nitrogens with zero attached hydrogens (tertiary/aromatic N) is 2. The van der Waals surface area contributed by atoms with Crippen LogP contribution in [0, 0.1) is 6.92 Å². The molecule has 1 unspecified atom stereocenters. The molecule has 1 atom stereocenters. The van der Waals surface area contributed by atoms with Crippen molar-refractivity contribution in [1.29, 1.82) is 0 Å². The van der Waals surface area contributed by atoms with Crippen molar-refractivity contribution in [2.75, 3.05) is 18.5 Å². The number of ether oxygens (including phenoxy) is 1. The first-order chi connectivity index (χ1) is 11.2. The molecule has 1 saturated heterocycles. The van der Waals surface area contributed by atoms with Crippen LogP contribution in [-0.2, 0) is 4.74 Å². The standard InChI is InChI=1S/C17H17N3O3/c1-11-15(9-18-20(11)12-6-7-22-10-12)19-14-8-17(21)23-16-5-3-2-4-13(14)16/h2-5,8-9,12,19H,6-7,10H2,1H3. The Balaban J connectivity index is 1.72. The van der Waals surface area contributed by atoms with Crippen LogP contribution in [0.25, 0.3) is 11.0 Å². The van der Waals surface area contributed by atoms with Gasteiger partial charge < -0.3 is 14.5 Å². The summed E-state index contributed by atoms with van der Waals surface area (Å²) in [5.74, 6) is 0. The highest BCUT2D eigenvalue weighted by molar-refractivity contribution is 5.91. The van der Waals surface area contributed by atoms with Gasteiger partial charge in [0.2, 0.25) is 0 Å². The van der Waals surface area contributed by atoms with Gasteiger partial charge in [0, 0.05) is 18.1 Å². The van der Waals surface area contributed by atoms with Gasteiger partial charge in [0.05, 0.1) is 35.9 Å². The molecule has 1 aliphatic heterocycles. The predicted molar refractivity (Wildman–Crippen MR) is 87.2 cm³/mol. The summed E-state index contributed by atoms with van der Waals surface area (Å²) in [7, 11) is 0. The summed E-state index contributed by atoms with van der Waals surface area (Å²) in [6.45, 7) is 3.48. The van der Waals surface area contributed by atoms with Crippen LogP contribution in [0.1, 0.15) is 18.2 Å². The number of anilines is 2. The molecule has 23 heavy (non-hydrogen) atoms. The van der Waals surface area contributed by atoms with E-state index < -0.39 is 0 Å². The number of fused-ring (bicyclic) bond motifs is 1. The molecule has 1 fully saturated rings. The smallest absolute Gasteiger partial charge is 0.338 e. The highest BCUT2D eigenvalue weighted by atomic mass is 16.5. The Hall–Kier alpha value is -2.60. The van der Waals surface area contributed by atoms with Gasteiger partial charge in [-0.1, -0.05) is 12.1 Å². The number of hydrogen-bond acceptors (Lipinski definition) is 5. The molecule has 1 N–H and O–H groups in total. The number of aromatic nitrogens is 2. The fraction of sp³-hybridized carbons (Fsp3) is 0.294. The number of para-hydroxylation sites is 1. The Bertz CT molecular complexity index is 907. The van der Waals surface area contributed by atoms with Crippen molar-refractivity contribution in [3.8, 4) is 0 Å². The maximum absolute atomic E-state index is 11.7. The minimum atomic E-state index is -0.375. The molecular formula is C17H17N3O3. The first-order valence-corrected chi connectivity index (χ1v) is 7.64. The Labute approximate surface area is 132 Å². The summed E-state index contributed by atoms with van der Waals surface area (Å²) in [5.41, 5.74) is 2.82. The minimum absolute atomic E-state index is 0.281. The van der Waals surface area contributed by atoms with Gasteiger partial charge in [0.25, 0.3) is 0 Å². The lowest BCUT2D eigenvalue weighted by Crippen LogP contribution is -2.12. The van der Waals surface area contributed by atoms with E-state index in [1.807, 2.05) is 29.8 Å². The van der Waals surface area contributed by atoms with Gasteiger partial charge in [0.15, 0.2) is 0 Å². The van der Waals surface area contributed by atoms with E-state index in [1.165, 1.54) is 6.07 Å². The third-order valence-electron chi connectivity index (χ3n) is 4.22. The van der Waals surface area contributed by atoms with Crippen molar-refractivity contribution < 1.29 is 9.15 Å². The van der Waals surface area contributed by atoms with Crippen LogP contribution in [0.4, 0.5) is 11.4 Å². The number of nitrogens with one attached hydrogen (secondary N) is 1.